The number of thiazole rings is 1. The van der Waals surface area contributed by atoms with Gasteiger partial charge in [0.2, 0.25) is 0 Å². The van der Waals surface area contributed by atoms with E-state index in [1.165, 1.54) is 55.3 Å². The van der Waals surface area contributed by atoms with Gasteiger partial charge in [-0.05, 0) is 41.7 Å². The van der Waals surface area contributed by atoms with Crippen LogP contribution in [0.4, 0.5) is 13.9 Å². The number of benzene rings is 1. The van der Waals surface area contributed by atoms with Crippen LogP contribution in [0.15, 0.2) is 36.7 Å². The van der Waals surface area contributed by atoms with E-state index in [-0.39, 0.29) is 12.5 Å². The van der Waals surface area contributed by atoms with Crippen molar-refractivity contribution in [1.82, 2.24) is 9.55 Å². The number of hydrogen-bond acceptors (Lipinski definition) is 3. The summed E-state index contributed by atoms with van der Waals surface area (Å²) in [5.41, 5.74) is 1.93. The highest BCUT2D eigenvalue weighted by Gasteiger charge is 2.20. The van der Waals surface area contributed by atoms with Gasteiger partial charge in [-0.1, -0.05) is 48.6 Å². The lowest BCUT2D eigenvalue weighted by Gasteiger charge is -2.09. The van der Waals surface area contributed by atoms with Gasteiger partial charge >= 0.3 is 0 Å². The molecule has 4 nitrogen and oxygen atoms in total. The van der Waals surface area contributed by atoms with Gasteiger partial charge in [-0.3, -0.25) is 10.1 Å². The van der Waals surface area contributed by atoms with Crippen LogP contribution in [-0.2, 0) is 13.0 Å². The number of nitrogens with one attached hydrogen (secondary N) is 1. The van der Waals surface area contributed by atoms with Crippen LogP contribution in [-0.4, -0.2) is 15.5 Å². The normalized spacial score (nSPS) is 14.4. The van der Waals surface area contributed by atoms with Crippen molar-refractivity contribution in [3.05, 3.63) is 69.5 Å². The Hall–Kier alpha value is -2.25. The molecule has 0 bridgehead atoms. The number of nitrogens with zero attached hydrogens (tertiary/aromatic N) is 2. The second kappa shape index (κ2) is 8.63. The molecule has 29 heavy (non-hydrogen) atoms. The van der Waals surface area contributed by atoms with Crippen molar-refractivity contribution >= 4 is 34.0 Å². The van der Waals surface area contributed by atoms with Gasteiger partial charge in [0.1, 0.15) is 21.7 Å². The van der Waals surface area contributed by atoms with Gasteiger partial charge in [-0.25, -0.2) is 13.8 Å². The van der Waals surface area contributed by atoms with E-state index in [2.05, 4.69) is 10.3 Å². The first-order chi connectivity index (χ1) is 14.0. The third-order valence-corrected chi connectivity index (χ3v) is 6.19. The number of anilines is 1. The van der Waals surface area contributed by atoms with E-state index in [9.17, 15) is 13.6 Å². The van der Waals surface area contributed by atoms with E-state index < -0.39 is 11.6 Å². The van der Waals surface area contributed by atoms with Crippen LogP contribution in [0, 0.1) is 17.6 Å². The Morgan fingerprint density at radius 2 is 1.90 bits per heavy atom. The fourth-order valence-corrected chi connectivity index (χ4v) is 4.73. The highest BCUT2D eigenvalue weighted by Crippen LogP contribution is 2.29. The van der Waals surface area contributed by atoms with Gasteiger partial charge in [-0.15, -0.1) is 0 Å². The molecular weight excluding hydrogens is 416 g/mol. The summed E-state index contributed by atoms with van der Waals surface area (Å²) in [6.45, 7) is 0.195. The van der Waals surface area contributed by atoms with E-state index >= 15 is 0 Å². The summed E-state index contributed by atoms with van der Waals surface area (Å²) in [5, 5.41) is 3.15. The Labute approximate surface area is 176 Å². The van der Waals surface area contributed by atoms with Gasteiger partial charge in [0.25, 0.3) is 5.91 Å². The Balaban J connectivity index is 1.61. The lowest BCUT2D eigenvalue weighted by atomic mass is 10.00. The molecule has 2 aromatic heterocycles. The molecule has 1 fully saturated rings. The summed E-state index contributed by atoms with van der Waals surface area (Å²) >= 11 is 7.06. The molecule has 1 amide bonds. The summed E-state index contributed by atoms with van der Waals surface area (Å²) in [7, 11) is 0. The van der Waals surface area contributed by atoms with Crippen LogP contribution in [0.25, 0.3) is 0 Å². The third kappa shape index (κ3) is 5.03. The van der Waals surface area contributed by atoms with E-state index in [0.717, 1.165) is 18.1 Å². The average molecular weight is 436 g/mol. The number of aromatic nitrogens is 2. The van der Waals surface area contributed by atoms with Crippen molar-refractivity contribution < 1.29 is 13.6 Å². The number of halogens is 3. The third-order valence-electron chi connectivity index (χ3n) is 5.16. The Kier molecular flexibility index (Phi) is 5.96. The van der Waals surface area contributed by atoms with Crippen LogP contribution in [0.3, 0.4) is 0 Å². The van der Waals surface area contributed by atoms with Crippen LogP contribution in [0.1, 0.15) is 47.3 Å². The smallest absolute Gasteiger partial charge is 0.274 e. The predicted molar refractivity (Wildman–Crippen MR) is 111 cm³/mol. The zero-order chi connectivity index (χ0) is 20.4. The minimum Gasteiger partial charge on any atom is -0.339 e. The van der Waals surface area contributed by atoms with Crippen molar-refractivity contribution in [3.8, 4) is 0 Å². The summed E-state index contributed by atoms with van der Waals surface area (Å²) in [4.78, 5) is 16.9. The molecule has 4 rings (SSSR count). The molecule has 0 unspecified atom stereocenters. The molecule has 152 valence electrons. The summed E-state index contributed by atoms with van der Waals surface area (Å²) in [6.07, 6.45) is 9.15. The molecule has 0 atom stereocenters. The molecule has 2 heterocycles. The van der Waals surface area contributed by atoms with Crippen molar-refractivity contribution in [1.29, 1.82) is 0 Å². The number of carbonyl (C=O) groups is 1. The van der Waals surface area contributed by atoms with Crippen molar-refractivity contribution in [3.63, 3.8) is 0 Å². The maximum atomic E-state index is 13.6. The van der Waals surface area contributed by atoms with Crippen LogP contribution in [0.5, 0.6) is 0 Å². The molecule has 1 aliphatic carbocycles. The van der Waals surface area contributed by atoms with Crippen LogP contribution in [0.2, 0.25) is 4.34 Å². The molecule has 0 radical (unpaired) electrons. The van der Waals surface area contributed by atoms with E-state index in [1.54, 1.807) is 4.57 Å². The fourth-order valence-electron chi connectivity index (χ4n) is 3.92. The number of carbonyl (C=O) groups excluding carboxylic acids is 1. The molecule has 1 saturated carbocycles. The van der Waals surface area contributed by atoms with E-state index in [0.29, 0.717) is 26.6 Å². The SMILES string of the molecule is O=C(Nc1ncc(Cl)s1)c1cc(CC2CCCC2)cn1Cc1cc(F)cc(F)c1. The molecule has 1 aromatic carbocycles. The highest BCUT2D eigenvalue weighted by atomic mass is 35.5. The zero-order valence-electron chi connectivity index (χ0n) is 15.6. The molecular formula is C21H20ClF2N3OS. The van der Waals surface area contributed by atoms with Gasteiger partial charge in [0, 0.05) is 18.8 Å². The second-order valence-corrected chi connectivity index (χ2v) is 9.08. The molecule has 8 heteroatoms. The van der Waals surface area contributed by atoms with Crippen LogP contribution < -0.4 is 5.32 Å². The Bertz CT molecular complexity index is 1010. The Morgan fingerprint density at radius 1 is 1.17 bits per heavy atom. The van der Waals surface area contributed by atoms with Gasteiger partial charge in [-0.2, -0.15) is 0 Å². The predicted octanol–water partition coefficient (Wildman–Crippen LogP) is 5.91. The van der Waals surface area contributed by atoms with Crippen molar-refractivity contribution in [2.45, 2.75) is 38.6 Å². The van der Waals surface area contributed by atoms with E-state index in [1.807, 2.05) is 12.3 Å². The maximum Gasteiger partial charge on any atom is 0.274 e. The summed E-state index contributed by atoms with van der Waals surface area (Å²) in [6, 6.07) is 5.26. The monoisotopic (exact) mass is 435 g/mol. The fraction of sp³-hybridized carbons (Fsp3) is 0.333. The minimum absolute atomic E-state index is 0.195. The molecule has 0 saturated heterocycles. The maximum absolute atomic E-state index is 13.6. The molecule has 1 N–H and O–H groups in total. The standard InChI is InChI=1S/C21H20ClF2N3OS/c22-19-10-25-21(29-19)26-20(28)18-8-14(5-13-3-1-2-4-13)11-27(18)12-15-6-16(23)9-17(24)7-15/h6-11,13H,1-5,12H2,(H,25,26,28). The zero-order valence-corrected chi connectivity index (χ0v) is 17.2. The highest BCUT2D eigenvalue weighted by molar-refractivity contribution is 7.19. The number of rotatable bonds is 6. The minimum atomic E-state index is -0.637. The van der Waals surface area contributed by atoms with Crippen molar-refractivity contribution in [2.75, 3.05) is 5.32 Å². The number of hydrogen-bond donors (Lipinski definition) is 1. The average Bonchev–Trinajstić information content (AvgIpc) is 3.37. The molecule has 0 spiro atoms. The number of amides is 1. The first kappa shape index (κ1) is 20.0. The molecule has 0 aliphatic heterocycles. The summed E-state index contributed by atoms with van der Waals surface area (Å²) in [5.74, 6) is -0.986. The molecule has 1 aliphatic rings. The molecule has 3 aromatic rings. The topological polar surface area (TPSA) is 46.9 Å². The lowest BCUT2D eigenvalue weighted by molar-refractivity contribution is 0.101. The second-order valence-electron chi connectivity index (χ2n) is 7.42. The first-order valence-corrected chi connectivity index (χ1v) is 10.7. The quantitative estimate of drug-likeness (QED) is 0.523. The van der Waals surface area contributed by atoms with E-state index in [4.69, 9.17) is 11.6 Å². The van der Waals surface area contributed by atoms with Gasteiger partial charge in [0.15, 0.2) is 5.13 Å². The van der Waals surface area contributed by atoms with Gasteiger partial charge in [0.05, 0.1) is 6.20 Å². The van der Waals surface area contributed by atoms with Crippen LogP contribution >= 0.6 is 22.9 Å². The lowest BCUT2D eigenvalue weighted by Crippen LogP contribution is -2.17. The van der Waals surface area contributed by atoms with Gasteiger partial charge < -0.3 is 4.57 Å². The summed E-state index contributed by atoms with van der Waals surface area (Å²) < 4.78 is 29.4. The Morgan fingerprint density at radius 3 is 2.55 bits per heavy atom. The first-order valence-electron chi connectivity index (χ1n) is 9.53. The van der Waals surface area contributed by atoms with Crippen molar-refractivity contribution in [2.24, 2.45) is 5.92 Å². The largest absolute Gasteiger partial charge is 0.339 e.